The van der Waals surface area contributed by atoms with Crippen LogP contribution in [0.5, 0.6) is 0 Å². The highest BCUT2D eigenvalue weighted by Gasteiger charge is 2.43. The first-order valence-electron chi connectivity index (χ1n) is 8.92. The maximum atomic E-state index is 12.9. The molecule has 1 unspecified atom stereocenters. The van der Waals surface area contributed by atoms with Crippen LogP contribution in [0.15, 0.2) is 29.4 Å². The van der Waals surface area contributed by atoms with Crippen molar-refractivity contribution in [3.63, 3.8) is 0 Å². The van der Waals surface area contributed by atoms with Crippen molar-refractivity contribution < 1.29 is 18.0 Å². The average molecular weight is 354 g/mol. The number of hydrogen-bond donors (Lipinski definition) is 0. The van der Waals surface area contributed by atoms with Gasteiger partial charge in [-0.3, -0.25) is 4.90 Å². The molecule has 0 aliphatic carbocycles. The van der Waals surface area contributed by atoms with E-state index in [1.54, 1.807) is 6.07 Å². The van der Waals surface area contributed by atoms with Crippen LogP contribution in [0.3, 0.4) is 0 Å². The lowest BCUT2D eigenvalue weighted by Gasteiger charge is -2.38. The zero-order valence-electron chi connectivity index (χ0n) is 14.8. The summed E-state index contributed by atoms with van der Waals surface area (Å²) in [6.07, 6.45) is -0.698. The minimum Gasteiger partial charge on any atom is -0.387 e. The van der Waals surface area contributed by atoms with Crippen LogP contribution in [0.1, 0.15) is 50.7 Å². The topological polar surface area (TPSA) is 24.8 Å². The molecule has 6 heteroatoms. The van der Waals surface area contributed by atoms with E-state index in [2.05, 4.69) is 23.9 Å². The molecule has 0 radical (unpaired) electrons. The van der Waals surface area contributed by atoms with Gasteiger partial charge in [0, 0.05) is 18.5 Å². The van der Waals surface area contributed by atoms with E-state index in [0.717, 1.165) is 45.0 Å². The molecule has 2 heterocycles. The maximum Gasteiger partial charge on any atom is 0.416 e. The Hall–Kier alpha value is -1.56. The van der Waals surface area contributed by atoms with Gasteiger partial charge in [-0.15, -0.1) is 0 Å². The Bertz CT molecular complexity index is 642. The van der Waals surface area contributed by atoms with Gasteiger partial charge in [0.25, 0.3) is 0 Å². The highest BCUT2D eigenvalue weighted by molar-refractivity contribution is 6.01. The van der Waals surface area contributed by atoms with Gasteiger partial charge >= 0.3 is 6.18 Å². The van der Waals surface area contributed by atoms with Crippen molar-refractivity contribution in [3.8, 4) is 0 Å². The molecule has 138 valence electrons. The second kappa shape index (κ2) is 6.98. The summed E-state index contributed by atoms with van der Waals surface area (Å²) in [5.74, 6) is 0.652. The number of oxime groups is 1. The number of alkyl halides is 3. The van der Waals surface area contributed by atoms with Crippen LogP contribution >= 0.6 is 0 Å². The third kappa shape index (κ3) is 4.35. The van der Waals surface area contributed by atoms with Gasteiger partial charge < -0.3 is 4.84 Å². The van der Waals surface area contributed by atoms with Gasteiger partial charge in [0.1, 0.15) is 0 Å². The number of nitrogens with zero attached hydrogens (tertiary/aromatic N) is 2. The van der Waals surface area contributed by atoms with Gasteiger partial charge in [-0.05, 0) is 50.4 Å². The van der Waals surface area contributed by atoms with Crippen LogP contribution in [0, 0.1) is 5.92 Å². The number of likely N-dealkylation sites (tertiary alicyclic amines) is 1. The average Bonchev–Trinajstić information content (AvgIpc) is 2.96. The van der Waals surface area contributed by atoms with Crippen molar-refractivity contribution in [1.29, 1.82) is 0 Å². The number of rotatable bonds is 4. The molecule has 1 saturated heterocycles. The summed E-state index contributed by atoms with van der Waals surface area (Å²) in [4.78, 5) is 8.17. The first kappa shape index (κ1) is 18.2. The lowest BCUT2D eigenvalue weighted by atomic mass is 9.86. The van der Waals surface area contributed by atoms with E-state index in [4.69, 9.17) is 4.84 Å². The zero-order valence-corrected chi connectivity index (χ0v) is 14.8. The van der Waals surface area contributed by atoms with E-state index < -0.39 is 11.7 Å². The van der Waals surface area contributed by atoms with Gasteiger partial charge in [0.15, 0.2) is 5.60 Å². The van der Waals surface area contributed by atoms with E-state index in [9.17, 15) is 13.2 Å². The molecule has 0 bridgehead atoms. The predicted molar refractivity (Wildman–Crippen MR) is 91.5 cm³/mol. The minimum absolute atomic E-state index is 0.376. The lowest BCUT2D eigenvalue weighted by molar-refractivity contribution is -0.137. The molecule has 2 aliphatic heterocycles. The van der Waals surface area contributed by atoms with Crippen LogP contribution < -0.4 is 0 Å². The molecule has 3 rings (SSSR count). The monoisotopic (exact) mass is 354 g/mol. The maximum absolute atomic E-state index is 12.9. The highest BCUT2D eigenvalue weighted by atomic mass is 19.4. The highest BCUT2D eigenvalue weighted by Crippen LogP contribution is 2.36. The molecule has 1 aromatic carbocycles. The fraction of sp³-hybridized carbons (Fsp3) is 0.632. The standard InChI is InChI=1S/C19H25F3N2O/c1-14(2)7-10-24-9-4-8-18(13-24)12-17(23-25-18)15-5-3-6-16(11-15)19(20,21)22/h3,5-6,11,14H,4,7-10,12-13H2,1-2H3. The third-order valence-corrected chi connectivity index (χ3v) is 5.00. The van der Waals surface area contributed by atoms with Gasteiger partial charge in [-0.1, -0.05) is 31.1 Å². The Morgan fingerprint density at radius 3 is 2.84 bits per heavy atom. The van der Waals surface area contributed by atoms with Crippen LogP contribution in [-0.2, 0) is 11.0 Å². The molecule has 0 aromatic heterocycles. The first-order chi connectivity index (χ1) is 11.8. The molecule has 3 nitrogen and oxygen atoms in total. The SMILES string of the molecule is CC(C)CCN1CCCC2(CC(c3cccc(C(F)(F)F)c3)=NO2)C1. The summed E-state index contributed by atoms with van der Waals surface area (Å²) >= 11 is 0. The summed E-state index contributed by atoms with van der Waals surface area (Å²) in [6.45, 7) is 7.30. The van der Waals surface area contributed by atoms with Crippen LogP contribution in [0.4, 0.5) is 13.2 Å². The van der Waals surface area contributed by atoms with E-state index in [1.165, 1.54) is 12.1 Å². The number of benzene rings is 1. The zero-order chi connectivity index (χ0) is 18.1. The van der Waals surface area contributed by atoms with Crippen molar-refractivity contribution in [2.24, 2.45) is 11.1 Å². The third-order valence-electron chi connectivity index (χ3n) is 5.00. The van der Waals surface area contributed by atoms with Crippen LogP contribution in [-0.4, -0.2) is 35.8 Å². The smallest absolute Gasteiger partial charge is 0.387 e. The second-order valence-electron chi connectivity index (χ2n) is 7.63. The van der Waals surface area contributed by atoms with E-state index in [1.807, 2.05) is 0 Å². The quantitative estimate of drug-likeness (QED) is 0.782. The Morgan fingerprint density at radius 1 is 1.32 bits per heavy atom. The molecule has 1 fully saturated rings. The summed E-state index contributed by atoms with van der Waals surface area (Å²) in [7, 11) is 0. The molecule has 0 saturated carbocycles. The van der Waals surface area contributed by atoms with E-state index >= 15 is 0 Å². The van der Waals surface area contributed by atoms with Crippen molar-refractivity contribution >= 4 is 5.71 Å². The second-order valence-corrected chi connectivity index (χ2v) is 7.63. The van der Waals surface area contributed by atoms with Crippen LogP contribution in [0.2, 0.25) is 0 Å². The van der Waals surface area contributed by atoms with E-state index in [0.29, 0.717) is 23.6 Å². The fourth-order valence-corrected chi connectivity index (χ4v) is 3.59. The lowest BCUT2D eigenvalue weighted by Crippen LogP contribution is -2.48. The summed E-state index contributed by atoms with van der Waals surface area (Å²) in [5.41, 5.74) is 0.109. The first-order valence-corrected chi connectivity index (χ1v) is 8.92. The van der Waals surface area contributed by atoms with Gasteiger partial charge in [0.05, 0.1) is 11.3 Å². The molecule has 25 heavy (non-hydrogen) atoms. The van der Waals surface area contributed by atoms with Gasteiger partial charge in [-0.2, -0.15) is 13.2 Å². The normalized spacial score (nSPS) is 24.6. The number of hydrogen-bond acceptors (Lipinski definition) is 3. The van der Waals surface area contributed by atoms with Gasteiger partial charge in [0.2, 0.25) is 0 Å². The summed E-state index contributed by atoms with van der Waals surface area (Å²) < 4.78 is 38.8. The summed E-state index contributed by atoms with van der Waals surface area (Å²) in [5, 5.41) is 4.16. The Morgan fingerprint density at radius 2 is 2.12 bits per heavy atom. The predicted octanol–water partition coefficient (Wildman–Crippen LogP) is 4.71. The molecule has 2 aliphatic rings. The number of halogens is 3. The van der Waals surface area contributed by atoms with Crippen molar-refractivity contribution in [2.45, 2.75) is 51.3 Å². The molecule has 1 spiro atoms. The molecule has 1 aromatic rings. The Labute approximate surface area is 146 Å². The van der Waals surface area contributed by atoms with E-state index in [-0.39, 0.29) is 5.60 Å². The molecule has 0 amide bonds. The number of piperidine rings is 1. The van der Waals surface area contributed by atoms with Crippen molar-refractivity contribution in [3.05, 3.63) is 35.4 Å². The molecule has 0 N–H and O–H groups in total. The summed E-state index contributed by atoms with van der Waals surface area (Å²) in [6, 6.07) is 5.36. The molecular weight excluding hydrogens is 329 g/mol. The van der Waals surface area contributed by atoms with Crippen molar-refractivity contribution in [1.82, 2.24) is 4.90 Å². The fourth-order valence-electron chi connectivity index (χ4n) is 3.59. The molecular formula is C19H25F3N2O. The minimum atomic E-state index is -4.34. The Kier molecular flexibility index (Phi) is 5.09. The van der Waals surface area contributed by atoms with Gasteiger partial charge in [-0.25, -0.2) is 0 Å². The molecule has 1 atom stereocenters. The Balaban J connectivity index is 1.68. The van der Waals surface area contributed by atoms with Crippen molar-refractivity contribution in [2.75, 3.05) is 19.6 Å². The van der Waals surface area contributed by atoms with Crippen LogP contribution in [0.25, 0.3) is 0 Å². The largest absolute Gasteiger partial charge is 0.416 e.